The fraction of sp³-hybridized carbons (Fsp3) is 0.667. The largest absolute Gasteiger partial charge is 0.392 e. The summed E-state index contributed by atoms with van der Waals surface area (Å²) in [5.74, 6) is 0.119. The van der Waals surface area contributed by atoms with Gasteiger partial charge in [-0.15, -0.1) is 0 Å². The van der Waals surface area contributed by atoms with Crippen molar-refractivity contribution in [3.05, 3.63) is 35.4 Å². The number of carbonyl (C=O) groups is 1. The molecule has 1 aliphatic carbocycles. The minimum atomic E-state index is -0.339. The zero-order valence-corrected chi connectivity index (χ0v) is 16.1. The summed E-state index contributed by atoms with van der Waals surface area (Å²) in [4.78, 5) is 17.5. The van der Waals surface area contributed by atoms with Gasteiger partial charge in [-0.3, -0.25) is 9.69 Å². The molecule has 0 radical (unpaired) electrons. The second-order valence-electron chi connectivity index (χ2n) is 7.86. The van der Waals surface area contributed by atoms with Gasteiger partial charge in [0.1, 0.15) is 0 Å². The quantitative estimate of drug-likeness (QED) is 0.847. The molecule has 0 aromatic heterocycles. The van der Waals surface area contributed by atoms with Gasteiger partial charge in [-0.25, -0.2) is 0 Å². The van der Waals surface area contributed by atoms with Crippen molar-refractivity contribution in [1.29, 1.82) is 0 Å². The van der Waals surface area contributed by atoms with Crippen molar-refractivity contribution in [3.8, 4) is 0 Å². The number of amides is 1. The highest BCUT2D eigenvalue weighted by Crippen LogP contribution is 2.26. The molecule has 2 aliphatic rings. The molecule has 144 valence electrons. The number of aryl methyl sites for hydroxylation is 1. The van der Waals surface area contributed by atoms with E-state index in [4.69, 9.17) is 4.74 Å². The number of hydrogen-bond donors (Lipinski definition) is 1. The van der Waals surface area contributed by atoms with E-state index in [9.17, 15) is 9.90 Å². The molecule has 0 bridgehead atoms. The Kier molecular flexibility index (Phi) is 6.68. The number of β-amino-alcohol motifs (C(OH)–C–C–N with tert-alkyl or cyclic N) is 1. The fourth-order valence-electron chi connectivity index (χ4n) is 4.13. The van der Waals surface area contributed by atoms with E-state index in [1.54, 1.807) is 0 Å². The van der Waals surface area contributed by atoms with E-state index in [-0.39, 0.29) is 18.1 Å². The zero-order valence-electron chi connectivity index (χ0n) is 16.1. The maximum Gasteiger partial charge on any atom is 0.254 e. The van der Waals surface area contributed by atoms with Gasteiger partial charge in [0.2, 0.25) is 0 Å². The van der Waals surface area contributed by atoms with Gasteiger partial charge in [-0.2, -0.15) is 0 Å². The number of aliphatic hydroxyl groups excluding tert-OH is 1. The number of rotatable bonds is 6. The molecule has 5 nitrogen and oxygen atoms in total. The molecule has 1 saturated heterocycles. The molecule has 2 fully saturated rings. The van der Waals surface area contributed by atoms with Crippen molar-refractivity contribution >= 4 is 5.91 Å². The number of aliphatic hydroxyl groups is 1. The van der Waals surface area contributed by atoms with Crippen LogP contribution in [-0.4, -0.2) is 71.8 Å². The smallest absolute Gasteiger partial charge is 0.254 e. The predicted molar refractivity (Wildman–Crippen MR) is 102 cm³/mol. The molecular formula is C21H32N2O3. The van der Waals surface area contributed by atoms with Gasteiger partial charge >= 0.3 is 0 Å². The monoisotopic (exact) mass is 360 g/mol. The highest BCUT2D eigenvalue weighted by atomic mass is 16.5. The van der Waals surface area contributed by atoms with E-state index in [2.05, 4.69) is 4.90 Å². The lowest BCUT2D eigenvalue weighted by Crippen LogP contribution is -2.52. The van der Waals surface area contributed by atoms with Crippen LogP contribution in [0.2, 0.25) is 0 Å². The van der Waals surface area contributed by atoms with Crippen LogP contribution in [0.15, 0.2) is 24.3 Å². The lowest BCUT2D eigenvalue weighted by Gasteiger charge is -2.38. The summed E-state index contributed by atoms with van der Waals surface area (Å²) in [6.07, 6.45) is 4.24. The minimum Gasteiger partial charge on any atom is -0.392 e. The van der Waals surface area contributed by atoms with E-state index in [1.807, 2.05) is 43.0 Å². The summed E-state index contributed by atoms with van der Waals surface area (Å²) in [7, 11) is 0. The number of benzene rings is 1. The SMILES string of the molecule is Cc1ccc(C(=O)N(CC2CN(CC(C)O)CCO2)C2CCCC2)cc1. The summed E-state index contributed by atoms with van der Waals surface area (Å²) in [5, 5.41) is 9.66. The van der Waals surface area contributed by atoms with Gasteiger partial charge in [0.15, 0.2) is 0 Å². The number of morpholine rings is 1. The molecule has 1 aromatic rings. The van der Waals surface area contributed by atoms with Crippen LogP contribution in [0.5, 0.6) is 0 Å². The van der Waals surface area contributed by atoms with Crippen molar-refractivity contribution < 1.29 is 14.6 Å². The van der Waals surface area contributed by atoms with Crippen LogP contribution in [0.1, 0.15) is 48.5 Å². The number of carbonyl (C=O) groups excluding carboxylic acids is 1. The van der Waals surface area contributed by atoms with Crippen molar-refractivity contribution in [2.75, 3.05) is 32.8 Å². The first-order chi connectivity index (χ1) is 12.5. The van der Waals surface area contributed by atoms with Gasteiger partial charge in [-0.05, 0) is 38.8 Å². The van der Waals surface area contributed by atoms with Crippen LogP contribution in [0.3, 0.4) is 0 Å². The van der Waals surface area contributed by atoms with Crippen LogP contribution in [0.25, 0.3) is 0 Å². The molecule has 1 saturated carbocycles. The Morgan fingerprint density at radius 2 is 2.00 bits per heavy atom. The zero-order chi connectivity index (χ0) is 18.5. The molecule has 5 heteroatoms. The first-order valence-corrected chi connectivity index (χ1v) is 9.92. The second-order valence-corrected chi connectivity index (χ2v) is 7.86. The van der Waals surface area contributed by atoms with Crippen molar-refractivity contribution in [2.45, 2.75) is 57.8 Å². The number of ether oxygens (including phenoxy) is 1. The summed E-state index contributed by atoms with van der Waals surface area (Å²) in [6, 6.07) is 8.19. The highest BCUT2D eigenvalue weighted by molar-refractivity contribution is 5.94. The summed E-state index contributed by atoms with van der Waals surface area (Å²) < 4.78 is 5.97. The molecule has 0 spiro atoms. The first-order valence-electron chi connectivity index (χ1n) is 9.92. The van der Waals surface area contributed by atoms with Gasteiger partial charge in [-0.1, -0.05) is 30.5 Å². The molecule has 1 amide bonds. The van der Waals surface area contributed by atoms with Gasteiger partial charge in [0.25, 0.3) is 5.91 Å². The predicted octanol–water partition coefficient (Wildman–Crippen LogP) is 2.46. The third kappa shape index (κ3) is 5.06. The Bertz CT molecular complexity index is 581. The van der Waals surface area contributed by atoms with Crippen LogP contribution < -0.4 is 0 Å². The molecule has 26 heavy (non-hydrogen) atoms. The summed E-state index contributed by atoms with van der Waals surface area (Å²) >= 11 is 0. The van der Waals surface area contributed by atoms with Crippen LogP contribution in [0.4, 0.5) is 0 Å². The van der Waals surface area contributed by atoms with Gasteiger partial charge in [0.05, 0.1) is 18.8 Å². The first kappa shape index (κ1) is 19.3. The Hall–Kier alpha value is -1.43. The summed E-state index contributed by atoms with van der Waals surface area (Å²) in [6.45, 7) is 7.43. The van der Waals surface area contributed by atoms with E-state index >= 15 is 0 Å². The molecule has 1 heterocycles. The number of hydrogen-bond acceptors (Lipinski definition) is 4. The Morgan fingerprint density at radius 3 is 2.65 bits per heavy atom. The second kappa shape index (κ2) is 8.98. The molecule has 2 atom stereocenters. The van der Waals surface area contributed by atoms with E-state index in [1.165, 1.54) is 18.4 Å². The Balaban J connectivity index is 1.70. The Labute approximate surface area is 156 Å². The van der Waals surface area contributed by atoms with Crippen LogP contribution in [0, 0.1) is 6.92 Å². The van der Waals surface area contributed by atoms with Crippen molar-refractivity contribution in [2.24, 2.45) is 0 Å². The van der Waals surface area contributed by atoms with Gasteiger partial charge in [0, 0.05) is 37.8 Å². The maximum atomic E-state index is 13.2. The topological polar surface area (TPSA) is 53.0 Å². The molecular weight excluding hydrogens is 328 g/mol. The average molecular weight is 360 g/mol. The van der Waals surface area contributed by atoms with Crippen LogP contribution >= 0.6 is 0 Å². The lowest BCUT2D eigenvalue weighted by molar-refractivity contribution is -0.0525. The maximum absolute atomic E-state index is 13.2. The minimum absolute atomic E-state index is 0.0116. The van der Waals surface area contributed by atoms with Crippen LogP contribution in [-0.2, 0) is 4.74 Å². The molecule has 3 rings (SSSR count). The Morgan fingerprint density at radius 1 is 1.31 bits per heavy atom. The van der Waals surface area contributed by atoms with Crippen molar-refractivity contribution in [1.82, 2.24) is 9.80 Å². The van der Waals surface area contributed by atoms with E-state index in [0.717, 1.165) is 31.5 Å². The standard InChI is InChI=1S/C21H32N2O3/c1-16-7-9-18(10-8-16)21(25)23(19-5-3-4-6-19)15-20-14-22(11-12-26-20)13-17(2)24/h7-10,17,19-20,24H,3-6,11-15H2,1-2H3. The molecule has 1 N–H and O–H groups in total. The highest BCUT2D eigenvalue weighted by Gasteiger charge is 2.31. The molecule has 2 unspecified atom stereocenters. The third-order valence-electron chi connectivity index (χ3n) is 5.47. The molecule has 1 aliphatic heterocycles. The van der Waals surface area contributed by atoms with Crippen molar-refractivity contribution in [3.63, 3.8) is 0 Å². The molecule has 1 aromatic carbocycles. The summed E-state index contributed by atoms with van der Waals surface area (Å²) in [5.41, 5.74) is 1.93. The fourth-order valence-corrected chi connectivity index (χ4v) is 4.13. The van der Waals surface area contributed by atoms with E-state index < -0.39 is 0 Å². The third-order valence-corrected chi connectivity index (χ3v) is 5.47. The van der Waals surface area contributed by atoms with E-state index in [0.29, 0.717) is 25.7 Å². The lowest BCUT2D eigenvalue weighted by atomic mass is 10.1. The average Bonchev–Trinajstić information content (AvgIpc) is 3.14. The normalized spacial score (nSPS) is 23.1. The van der Waals surface area contributed by atoms with Gasteiger partial charge < -0.3 is 14.7 Å². The number of nitrogens with zero attached hydrogens (tertiary/aromatic N) is 2.